The third kappa shape index (κ3) is 2.40. The van der Waals surface area contributed by atoms with Crippen molar-refractivity contribution >= 4 is 45.2 Å². The van der Waals surface area contributed by atoms with Gasteiger partial charge in [0, 0.05) is 21.6 Å². The number of fused-ring (bicyclic) bond motifs is 4. The molecule has 1 aliphatic heterocycles. The van der Waals surface area contributed by atoms with Gasteiger partial charge < -0.3 is 9.31 Å². The summed E-state index contributed by atoms with van der Waals surface area (Å²) >= 11 is 0. The van der Waals surface area contributed by atoms with Crippen molar-refractivity contribution < 1.29 is 9.31 Å². The van der Waals surface area contributed by atoms with Crippen LogP contribution in [0.5, 0.6) is 0 Å². The summed E-state index contributed by atoms with van der Waals surface area (Å²) in [5, 5.41) is 4.51. The van der Waals surface area contributed by atoms with Crippen LogP contribution in [-0.2, 0) is 9.31 Å². The second kappa shape index (κ2) is 5.54. The Kier molecular flexibility index (Phi) is 3.43. The average molecular weight is 355 g/mol. The molecule has 1 aliphatic rings. The second-order valence-corrected chi connectivity index (χ2v) is 8.31. The van der Waals surface area contributed by atoms with Gasteiger partial charge in [-0.3, -0.25) is 0 Å². The number of hydrogen-bond acceptors (Lipinski definition) is 3. The summed E-state index contributed by atoms with van der Waals surface area (Å²) in [5.41, 5.74) is 2.26. The quantitative estimate of drug-likeness (QED) is 0.278. The predicted octanol–water partition coefficient (Wildman–Crippen LogP) is 4.84. The molecule has 0 unspecified atom stereocenters. The van der Waals surface area contributed by atoms with Gasteiger partial charge in [-0.05, 0) is 39.1 Å². The second-order valence-electron chi connectivity index (χ2n) is 8.31. The molecule has 2 heterocycles. The zero-order chi connectivity index (χ0) is 18.8. The van der Waals surface area contributed by atoms with Crippen LogP contribution in [0.4, 0.5) is 0 Å². The summed E-state index contributed by atoms with van der Waals surface area (Å²) in [5.74, 6) is 0. The molecule has 5 rings (SSSR count). The fourth-order valence-electron chi connectivity index (χ4n) is 3.87. The SMILES string of the molecule is CC1(C)OB(c2c3ccccc3nc3c2ccc2ccccc23)OC1(C)C. The lowest BCUT2D eigenvalue weighted by Gasteiger charge is -2.32. The zero-order valence-electron chi connectivity index (χ0n) is 16.1. The number of benzene rings is 3. The van der Waals surface area contributed by atoms with E-state index in [2.05, 4.69) is 76.2 Å². The van der Waals surface area contributed by atoms with Crippen molar-refractivity contribution in [3.8, 4) is 0 Å². The highest BCUT2D eigenvalue weighted by Gasteiger charge is 2.52. The number of para-hydroxylation sites is 1. The Hall–Kier alpha value is -2.43. The first kappa shape index (κ1) is 16.7. The molecule has 1 aromatic heterocycles. The van der Waals surface area contributed by atoms with Gasteiger partial charge in [0.05, 0.1) is 22.2 Å². The third-order valence-electron chi connectivity index (χ3n) is 6.11. The minimum absolute atomic E-state index is 0.384. The van der Waals surface area contributed by atoms with E-state index in [1.807, 2.05) is 12.1 Å². The van der Waals surface area contributed by atoms with Crippen molar-refractivity contribution in [2.24, 2.45) is 0 Å². The summed E-state index contributed by atoms with van der Waals surface area (Å²) in [6.07, 6.45) is 0. The number of rotatable bonds is 1. The van der Waals surface area contributed by atoms with Crippen LogP contribution < -0.4 is 5.46 Å². The van der Waals surface area contributed by atoms with Crippen LogP contribution in [0.2, 0.25) is 0 Å². The zero-order valence-corrected chi connectivity index (χ0v) is 16.1. The minimum atomic E-state index is -0.424. The van der Waals surface area contributed by atoms with E-state index in [1.54, 1.807) is 0 Å². The monoisotopic (exact) mass is 355 g/mol. The molecule has 4 heteroatoms. The van der Waals surface area contributed by atoms with Crippen molar-refractivity contribution in [3.05, 3.63) is 60.7 Å². The highest BCUT2D eigenvalue weighted by molar-refractivity contribution is 6.68. The number of hydrogen-bond donors (Lipinski definition) is 0. The molecular formula is C23H22BNO2. The Morgan fingerprint density at radius 3 is 2.07 bits per heavy atom. The first-order valence-corrected chi connectivity index (χ1v) is 9.43. The molecule has 0 N–H and O–H groups in total. The molecule has 3 aromatic carbocycles. The van der Waals surface area contributed by atoms with Gasteiger partial charge in [-0.2, -0.15) is 0 Å². The van der Waals surface area contributed by atoms with Gasteiger partial charge >= 0.3 is 7.12 Å². The van der Waals surface area contributed by atoms with Crippen molar-refractivity contribution in [2.45, 2.75) is 38.9 Å². The van der Waals surface area contributed by atoms with Crippen LogP contribution in [0.1, 0.15) is 27.7 Å². The van der Waals surface area contributed by atoms with Crippen LogP contribution in [0, 0.1) is 0 Å². The molecule has 27 heavy (non-hydrogen) atoms. The van der Waals surface area contributed by atoms with E-state index in [0.29, 0.717) is 0 Å². The molecular weight excluding hydrogens is 333 g/mol. The summed E-state index contributed by atoms with van der Waals surface area (Å²) in [7, 11) is -0.424. The van der Waals surface area contributed by atoms with Crippen molar-refractivity contribution in [1.82, 2.24) is 4.98 Å². The smallest absolute Gasteiger partial charge is 0.399 e. The van der Waals surface area contributed by atoms with E-state index in [9.17, 15) is 0 Å². The highest BCUT2D eigenvalue weighted by atomic mass is 16.7. The number of aromatic nitrogens is 1. The van der Waals surface area contributed by atoms with E-state index in [1.165, 1.54) is 5.39 Å². The molecule has 1 fully saturated rings. The van der Waals surface area contributed by atoms with Gasteiger partial charge in [0.25, 0.3) is 0 Å². The molecule has 0 spiro atoms. The van der Waals surface area contributed by atoms with E-state index in [0.717, 1.165) is 32.7 Å². The van der Waals surface area contributed by atoms with Crippen LogP contribution in [0.25, 0.3) is 32.6 Å². The van der Waals surface area contributed by atoms with Crippen molar-refractivity contribution in [2.75, 3.05) is 0 Å². The molecule has 4 aromatic rings. The molecule has 0 amide bonds. The molecule has 0 radical (unpaired) electrons. The van der Waals surface area contributed by atoms with E-state index < -0.39 is 7.12 Å². The standard InChI is InChI=1S/C23H22BNO2/c1-22(2)23(3,4)27-24(26-22)20-17-11-7-8-12-19(17)25-21-16-10-6-5-9-15(16)13-14-18(20)21/h5-14H,1-4H3. The average Bonchev–Trinajstić information content (AvgIpc) is 2.86. The van der Waals surface area contributed by atoms with Crippen LogP contribution in [0.15, 0.2) is 60.7 Å². The molecule has 0 atom stereocenters. The van der Waals surface area contributed by atoms with Crippen molar-refractivity contribution in [3.63, 3.8) is 0 Å². The minimum Gasteiger partial charge on any atom is -0.399 e. The van der Waals surface area contributed by atoms with Crippen LogP contribution in [-0.4, -0.2) is 23.3 Å². The normalized spacial score (nSPS) is 18.6. The lowest BCUT2D eigenvalue weighted by Crippen LogP contribution is -2.41. The Labute approximate surface area is 159 Å². The maximum atomic E-state index is 6.43. The highest BCUT2D eigenvalue weighted by Crippen LogP contribution is 2.38. The summed E-state index contributed by atoms with van der Waals surface area (Å²) in [4.78, 5) is 5.00. The van der Waals surface area contributed by atoms with Crippen LogP contribution >= 0.6 is 0 Å². The summed E-state index contributed by atoms with van der Waals surface area (Å²) in [6, 6.07) is 20.9. The first-order valence-electron chi connectivity index (χ1n) is 9.43. The van der Waals surface area contributed by atoms with Gasteiger partial charge in [0.15, 0.2) is 0 Å². The Morgan fingerprint density at radius 2 is 1.33 bits per heavy atom. The van der Waals surface area contributed by atoms with Gasteiger partial charge in [0.2, 0.25) is 0 Å². The maximum absolute atomic E-state index is 6.43. The van der Waals surface area contributed by atoms with Gasteiger partial charge in [-0.1, -0.05) is 54.6 Å². The Morgan fingerprint density at radius 1 is 0.704 bits per heavy atom. The Balaban J connectivity index is 1.88. The molecule has 0 bridgehead atoms. The van der Waals surface area contributed by atoms with Gasteiger partial charge in [-0.25, -0.2) is 4.98 Å². The largest absolute Gasteiger partial charge is 0.496 e. The molecule has 1 saturated heterocycles. The lowest BCUT2D eigenvalue weighted by atomic mass is 9.74. The van der Waals surface area contributed by atoms with Crippen LogP contribution in [0.3, 0.4) is 0 Å². The molecule has 3 nitrogen and oxygen atoms in total. The molecule has 134 valence electrons. The first-order chi connectivity index (χ1) is 12.9. The number of nitrogens with zero attached hydrogens (tertiary/aromatic N) is 1. The number of pyridine rings is 1. The molecule has 0 saturated carbocycles. The van der Waals surface area contributed by atoms with Crippen molar-refractivity contribution in [1.29, 1.82) is 0 Å². The summed E-state index contributed by atoms with van der Waals surface area (Å²) < 4.78 is 12.9. The third-order valence-corrected chi connectivity index (χ3v) is 6.11. The maximum Gasteiger partial charge on any atom is 0.496 e. The molecule has 0 aliphatic carbocycles. The van der Waals surface area contributed by atoms with Gasteiger partial charge in [0.1, 0.15) is 0 Å². The van der Waals surface area contributed by atoms with E-state index in [4.69, 9.17) is 14.3 Å². The topological polar surface area (TPSA) is 31.4 Å². The van der Waals surface area contributed by atoms with Gasteiger partial charge in [-0.15, -0.1) is 0 Å². The van der Waals surface area contributed by atoms with E-state index >= 15 is 0 Å². The lowest BCUT2D eigenvalue weighted by molar-refractivity contribution is 0.00578. The fourth-order valence-corrected chi connectivity index (χ4v) is 3.87. The predicted molar refractivity (Wildman–Crippen MR) is 112 cm³/mol. The fraction of sp³-hybridized carbons (Fsp3) is 0.261. The summed E-state index contributed by atoms with van der Waals surface area (Å²) in [6.45, 7) is 8.36. The van der Waals surface area contributed by atoms with E-state index in [-0.39, 0.29) is 11.2 Å². The Bertz CT molecular complexity index is 1180.